The molecule has 0 atom stereocenters. The van der Waals surface area contributed by atoms with Crippen molar-refractivity contribution in [3.8, 4) is 11.5 Å². The Hall–Kier alpha value is -3.13. The molecule has 8 heteroatoms. The van der Waals surface area contributed by atoms with Crippen molar-refractivity contribution in [1.29, 1.82) is 0 Å². The number of carbonyl (C=O) groups is 2. The fraction of sp³-hybridized carbons (Fsp3) is 0.238. The minimum atomic E-state index is -0.300. The third-order valence-electron chi connectivity index (χ3n) is 4.37. The highest BCUT2D eigenvalue weighted by atomic mass is 32.2. The smallest absolute Gasteiger partial charge is 0.258 e. The summed E-state index contributed by atoms with van der Waals surface area (Å²) in [6.07, 6.45) is 0. The van der Waals surface area contributed by atoms with Gasteiger partial charge in [-0.3, -0.25) is 9.59 Å². The first kappa shape index (κ1) is 19.2. The van der Waals surface area contributed by atoms with E-state index < -0.39 is 0 Å². The Morgan fingerprint density at radius 1 is 1.21 bits per heavy atom. The van der Waals surface area contributed by atoms with Crippen LogP contribution >= 0.6 is 11.8 Å². The molecule has 1 aliphatic rings. The van der Waals surface area contributed by atoms with Crippen LogP contribution in [0.2, 0.25) is 0 Å². The van der Waals surface area contributed by atoms with Gasteiger partial charge in [0, 0.05) is 16.0 Å². The van der Waals surface area contributed by atoms with E-state index in [1.807, 2.05) is 39.0 Å². The number of hydrogen-bond donors (Lipinski definition) is 2. The topological polar surface area (TPSA) is 97.1 Å². The standard InChI is InChI=1S/C21H20N4O3S/c1-21(2,3)20-24-19(28-25-20)14-7-5-4-6-13(14)18(27)22-12-8-9-16-15(10-12)23-17(26)11-29-16/h4-10H,11H2,1-3H3,(H,22,27)(H,23,26). The van der Waals surface area contributed by atoms with Crippen molar-refractivity contribution >= 4 is 35.0 Å². The van der Waals surface area contributed by atoms with E-state index in [1.165, 1.54) is 11.8 Å². The van der Waals surface area contributed by atoms with E-state index >= 15 is 0 Å². The molecule has 2 N–H and O–H groups in total. The third-order valence-corrected chi connectivity index (χ3v) is 5.44. The molecule has 2 heterocycles. The maximum absolute atomic E-state index is 13.0. The van der Waals surface area contributed by atoms with E-state index in [0.29, 0.717) is 40.0 Å². The average molecular weight is 408 g/mol. The molecule has 0 fully saturated rings. The van der Waals surface area contributed by atoms with Gasteiger partial charge in [0.05, 0.1) is 22.6 Å². The number of thioether (sulfide) groups is 1. The minimum absolute atomic E-state index is 0.0534. The number of hydrogen-bond acceptors (Lipinski definition) is 6. The maximum atomic E-state index is 13.0. The number of nitrogens with zero attached hydrogens (tertiary/aromatic N) is 2. The zero-order chi connectivity index (χ0) is 20.6. The Bertz CT molecular complexity index is 1100. The first-order chi connectivity index (χ1) is 13.8. The van der Waals surface area contributed by atoms with Crippen molar-refractivity contribution in [3.63, 3.8) is 0 Å². The molecule has 2 aromatic carbocycles. The lowest BCUT2D eigenvalue weighted by molar-refractivity contribution is -0.113. The predicted molar refractivity (Wildman–Crippen MR) is 112 cm³/mol. The Labute approximate surface area is 172 Å². The van der Waals surface area contributed by atoms with Gasteiger partial charge in [-0.1, -0.05) is 38.1 Å². The van der Waals surface area contributed by atoms with Crippen molar-refractivity contribution in [3.05, 3.63) is 53.9 Å². The van der Waals surface area contributed by atoms with Crippen LogP contribution in [-0.4, -0.2) is 27.7 Å². The van der Waals surface area contributed by atoms with Gasteiger partial charge in [-0.15, -0.1) is 11.8 Å². The highest BCUT2D eigenvalue weighted by molar-refractivity contribution is 8.00. The summed E-state index contributed by atoms with van der Waals surface area (Å²) in [5, 5.41) is 9.75. The number of rotatable bonds is 3. The first-order valence-corrected chi connectivity index (χ1v) is 10.1. The van der Waals surface area contributed by atoms with Crippen molar-refractivity contribution in [1.82, 2.24) is 10.1 Å². The zero-order valence-corrected chi connectivity index (χ0v) is 17.1. The van der Waals surface area contributed by atoms with E-state index in [-0.39, 0.29) is 17.2 Å². The number of benzene rings is 2. The van der Waals surface area contributed by atoms with Crippen LogP contribution in [0.3, 0.4) is 0 Å². The predicted octanol–water partition coefficient (Wildman–Crippen LogP) is 4.33. The van der Waals surface area contributed by atoms with Crippen molar-refractivity contribution in [2.75, 3.05) is 16.4 Å². The van der Waals surface area contributed by atoms with Crippen LogP contribution in [0, 0.1) is 0 Å². The molecule has 4 rings (SSSR count). The van der Waals surface area contributed by atoms with Gasteiger partial charge in [0.15, 0.2) is 5.82 Å². The highest BCUT2D eigenvalue weighted by Gasteiger charge is 2.24. The minimum Gasteiger partial charge on any atom is -0.334 e. The summed E-state index contributed by atoms with van der Waals surface area (Å²) in [5.74, 6) is 0.918. The molecule has 0 spiro atoms. The van der Waals surface area contributed by atoms with E-state index in [9.17, 15) is 9.59 Å². The number of anilines is 2. The Balaban J connectivity index is 1.61. The molecule has 0 saturated carbocycles. The third kappa shape index (κ3) is 4.02. The van der Waals surface area contributed by atoms with Gasteiger partial charge < -0.3 is 15.2 Å². The van der Waals surface area contributed by atoms with Gasteiger partial charge in [0.2, 0.25) is 5.91 Å². The molecular formula is C21H20N4O3S. The summed E-state index contributed by atoms with van der Waals surface area (Å²) in [4.78, 5) is 30.0. The lowest BCUT2D eigenvalue weighted by Gasteiger charge is -2.17. The van der Waals surface area contributed by atoms with E-state index in [2.05, 4.69) is 20.8 Å². The molecule has 148 valence electrons. The fourth-order valence-electron chi connectivity index (χ4n) is 2.86. The van der Waals surface area contributed by atoms with Gasteiger partial charge in [0.1, 0.15) is 0 Å². The van der Waals surface area contributed by atoms with Gasteiger partial charge in [-0.05, 0) is 30.3 Å². The molecule has 0 aliphatic carbocycles. The normalized spacial score (nSPS) is 13.6. The number of nitrogens with one attached hydrogen (secondary N) is 2. The summed E-state index contributed by atoms with van der Waals surface area (Å²) < 4.78 is 5.41. The number of fused-ring (bicyclic) bond motifs is 1. The van der Waals surface area contributed by atoms with Crippen LogP contribution in [-0.2, 0) is 10.2 Å². The van der Waals surface area contributed by atoms with E-state index in [4.69, 9.17) is 4.52 Å². The Morgan fingerprint density at radius 3 is 2.76 bits per heavy atom. The summed E-state index contributed by atoms with van der Waals surface area (Å²) in [6.45, 7) is 5.98. The molecular weight excluding hydrogens is 388 g/mol. The Kier molecular flexibility index (Phi) is 4.87. The summed E-state index contributed by atoms with van der Waals surface area (Å²) >= 11 is 1.47. The second-order valence-corrected chi connectivity index (χ2v) is 8.74. The van der Waals surface area contributed by atoms with Gasteiger partial charge in [-0.25, -0.2) is 0 Å². The van der Waals surface area contributed by atoms with Crippen LogP contribution in [0.15, 0.2) is 51.9 Å². The highest BCUT2D eigenvalue weighted by Crippen LogP contribution is 2.34. The lowest BCUT2D eigenvalue weighted by Crippen LogP contribution is -2.19. The van der Waals surface area contributed by atoms with Crippen LogP contribution < -0.4 is 10.6 Å². The molecule has 7 nitrogen and oxygen atoms in total. The van der Waals surface area contributed by atoms with Crippen LogP contribution in [0.25, 0.3) is 11.5 Å². The van der Waals surface area contributed by atoms with E-state index in [1.54, 1.807) is 24.3 Å². The van der Waals surface area contributed by atoms with Crippen molar-refractivity contribution < 1.29 is 14.1 Å². The molecule has 1 aromatic heterocycles. The molecule has 0 radical (unpaired) electrons. The first-order valence-electron chi connectivity index (χ1n) is 9.13. The van der Waals surface area contributed by atoms with Crippen molar-refractivity contribution in [2.24, 2.45) is 0 Å². The van der Waals surface area contributed by atoms with Crippen LogP contribution in [0.5, 0.6) is 0 Å². The maximum Gasteiger partial charge on any atom is 0.258 e. The molecule has 2 amide bonds. The molecule has 0 bridgehead atoms. The molecule has 3 aromatic rings. The monoisotopic (exact) mass is 408 g/mol. The zero-order valence-electron chi connectivity index (χ0n) is 16.3. The molecule has 0 saturated heterocycles. The average Bonchev–Trinajstić information content (AvgIpc) is 3.18. The summed E-state index contributed by atoms with van der Waals surface area (Å²) in [5.41, 5.74) is 2.02. The SMILES string of the molecule is CC(C)(C)c1noc(-c2ccccc2C(=O)Nc2ccc3c(c2)NC(=O)CS3)n1. The summed E-state index contributed by atoms with van der Waals surface area (Å²) in [7, 11) is 0. The Morgan fingerprint density at radius 2 is 2.00 bits per heavy atom. The quantitative estimate of drug-likeness (QED) is 0.669. The molecule has 29 heavy (non-hydrogen) atoms. The summed E-state index contributed by atoms with van der Waals surface area (Å²) in [6, 6.07) is 12.5. The van der Waals surface area contributed by atoms with Crippen LogP contribution in [0.4, 0.5) is 11.4 Å². The van der Waals surface area contributed by atoms with Gasteiger partial charge in [0.25, 0.3) is 11.8 Å². The van der Waals surface area contributed by atoms with Gasteiger partial charge in [-0.2, -0.15) is 4.98 Å². The number of carbonyl (C=O) groups excluding carboxylic acids is 2. The largest absolute Gasteiger partial charge is 0.334 e. The van der Waals surface area contributed by atoms with Crippen LogP contribution in [0.1, 0.15) is 37.0 Å². The van der Waals surface area contributed by atoms with Crippen molar-refractivity contribution in [2.45, 2.75) is 31.1 Å². The van der Waals surface area contributed by atoms with Gasteiger partial charge >= 0.3 is 0 Å². The van der Waals surface area contributed by atoms with E-state index in [0.717, 1.165) is 4.90 Å². The lowest BCUT2D eigenvalue weighted by atomic mass is 9.96. The molecule has 1 aliphatic heterocycles. The second-order valence-electron chi connectivity index (χ2n) is 7.72. The number of aromatic nitrogens is 2. The number of amides is 2. The molecule has 0 unspecified atom stereocenters. The fourth-order valence-corrected chi connectivity index (χ4v) is 3.65. The second kappa shape index (κ2) is 7.36.